The molecule has 0 bridgehead atoms. The fourth-order valence-electron chi connectivity index (χ4n) is 0.927. The van der Waals surface area contributed by atoms with Crippen molar-refractivity contribution >= 4 is 11.9 Å². The lowest BCUT2D eigenvalue weighted by molar-refractivity contribution is 0.679. The molecule has 11 heavy (non-hydrogen) atoms. The predicted octanol–water partition coefficient (Wildman–Crippen LogP) is 0.134. The summed E-state index contributed by atoms with van der Waals surface area (Å²) in [4.78, 5) is 11.4. The summed E-state index contributed by atoms with van der Waals surface area (Å²) < 4.78 is 0. The van der Waals surface area contributed by atoms with Crippen LogP contribution in [0, 0.1) is 0 Å². The summed E-state index contributed by atoms with van der Waals surface area (Å²) in [6, 6.07) is 0. The van der Waals surface area contributed by atoms with Gasteiger partial charge in [0.25, 0.3) is 0 Å². The summed E-state index contributed by atoms with van der Waals surface area (Å²) in [5.74, 6) is 0. The molecule has 1 aliphatic heterocycles. The number of nitrogens with zero attached hydrogens (tertiary/aromatic N) is 2. The zero-order valence-corrected chi connectivity index (χ0v) is 6.69. The highest BCUT2D eigenvalue weighted by atomic mass is 32.2. The van der Waals surface area contributed by atoms with E-state index in [4.69, 9.17) is 0 Å². The maximum absolute atomic E-state index is 4.22. The Bertz CT molecular complexity index is 227. The lowest BCUT2D eigenvalue weighted by atomic mass is 10.3. The molecule has 0 fully saturated rings. The summed E-state index contributed by atoms with van der Waals surface area (Å²) in [5, 5.41) is 0.970. The first-order valence-electron chi connectivity index (χ1n) is 3.41. The SMILES string of the molecule is c1cnc2c(n1)CCNNS2. The van der Waals surface area contributed by atoms with E-state index in [0.29, 0.717) is 0 Å². The summed E-state index contributed by atoms with van der Waals surface area (Å²) in [7, 11) is 0. The lowest BCUT2D eigenvalue weighted by Crippen LogP contribution is -2.25. The van der Waals surface area contributed by atoms with Gasteiger partial charge in [-0.2, -0.15) is 4.83 Å². The van der Waals surface area contributed by atoms with Gasteiger partial charge in [-0.1, -0.05) is 0 Å². The van der Waals surface area contributed by atoms with Gasteiger partial charge in [0.2, 0.25) is 0 Å². The number of hydrogen-bond donors (Lipinski definition) is 2. The number of hydrazine groups is 1. The molecule has 0 saturated carbocycles. The van der Waals surface area contributed by atoms with Gasteiger partial charge in [0.15, 0.2) is 0 Å². The van der Waals surface area contributed by atoms with Crippen LogP contribution < -0.4 is 10.3 Å². The highest BCUT2D eigenvalue weighted by Crippen LogP contribution is 2.15. The second-order valence-electron chi connectivity index (χ2n) is 2.19. The summed E-state index contributed by atoms with van der Waals surface area (Å²) in [6.07, 6.45) is 4.37. The number of fused-ring (bicyclic) bond motifs is 1. The van der Waals surface area contributed by atoms with E-state index in [1.165, 1.54) is 11.9 Å². The molecule has 5 heteroatoms. The van der Waals surface area contributed by atoms with E-state index in [1.54, 1.807) is 12.4 Å². The van der Waals surface area contributed by atoms with Crippen LogP contribution in [0.1, 0.15) is 5.69 Å². The van der Waals surface area contributed by atoms with Gasteiger partial charge in [-0.05, 0) is 11.9 Å². The van der Waals surface area contributed by atoms with Gasteiger partial charge in [0.1, 0.15) is 5.03 Å². The van der Waals surface area contributed by atoms with Crippen molar-refractivity contribution in [3.05, 3.63) is 18.1 Å². The maximum atomic E-state index is 4.22. The van der Waals surface area contributed by atoms with Crippen LogP contribution >= 0.6 is 11.9 Å². The van der Waals surface area contributed by atoms with E-state index in [-0.39, 0.29) is 0 Å². The van der Waals surface area contributed by atoms with Gasteiger partial charge in [0.05, 0.1) is 5.69 Å². The van der Waals surface area contributed by atoms with E-state index in [1.807, 2.05) is 0 Å². The maximum Gasteiger partial charge on any atom is 0.134 e. The first kappa shape index (κ1) is 7.02. The standard InChI is InChI=1S/C6H8N4S/c1-2-9-10-11-6-5(1)7-3-4-8-6/h3-4,9-10H,1-2H2. The molecule has 58 valence electrons. The molecule has 2 heterocycles. The van der Waals surface area contributed by atoms with Crippen LogP contribution in [-0.2, 0) is 6.42 Å². The Kier molecular flexibility index (Phi) is 2.02. The molecule has 1 aromatic heterocycles. The van der Waals surface area contributed by atoms with Crippen molar-refractivity contribution in [3.63, 3.8) is 0 Å². The molecule has 2 rings (SSSR count). The molecule has 0 radical (unpaired) electrons. The van der Waals surface area contributed by atoms with E-state index < -0.39 is 0 Å². The molecule has 0 aliphatic carbocycles. The molecular formula is C6H8N4S. The van der Waals surface area contributed by atoms with Crippen LogP contribution in [0.3, 0.4) is 0 Å². The molecule has 0 spiro atoms. The average molecular weight is 168 g/mol. The number of aromatic nitrogens is 2. The molecular weight excluding hydrogens is 160 g/mol. The van der Waals surface area contributed by atoms with Crippen LogP contribution in [0.5, 0.6) is 0 Å². The predicted molar refractivity (Wildman–Crippen MR) is 42.7 cm³/mol. The molecule has 1 aromatic rings. The van der Waals surface area contributed by atoms with Crippen LogP contribution in [0.2, 0.25) is 0 Å². The van der Waals surface area contributed by atoms with Crippen molar-refractivity contribution in [1.82, 2.24) is 20.2 Å². The van der Waals surface area contributed by atoms with Crippen molar-refractivity contribution in [2.24, 2.45) is 0 Å². The number of hydrogen-bond acceptors (Lipinski definition) is 5. The Morgan fingerprint density at radius 1 is 1.36 bits per heavy atom. The molecule has 1 aliphatic rings. The second-order valence-corrected chi connectivity index (χ2v) is 2.98. The van der Waals surface area contributed by atoms with Crippen molar-refractivity contribution in [3.8, 4) is 0 Å². The Hall–Kier alpha value is -0.650. The number of nitrogens with one attached hydrogen (secondary N) is 2. The zero-order chi connectivity index (χ0) is 7.52. The Balaban J connectivity index is 2.33. The fourth-order valence-corrected chi connectivity index (χ4v) is 1.58. The van der Waals surface area contributed by atoms with E-state index in [9.17, 15) is 0 Å². The molecule has 0 atom stereocenters. The Labute approximate surface area is 68.9 Å². The minimum atomic E-state index is 0.901. The first-order valence-corrected chi connectivity index (χ1v) is 4.23. The van der Waals surface area contributed by atoms with Crippen molar-refractivity contribution in [2.45, 2.75) is 11.4 Å². The van der Waals surface area contributed by atoms with Crippen molar-refractivity contribution < 1.29 is 0 Å². The van der Waals surface area contributed by atoms with Gasteiger partial charge in [-0.25, -0.2) is 10.4 Å². The number of rotatable bonds is 0. The smallest absolute Gasteiger partial charge is 0.134 e. The monoisotopic (exact) mass is 168 g/mol. The van der Waals surface area contributed by atoms with E-state index in [0.717, 1.165) is 23.7 Å². The van der Waals surface area contributed by atoms with Crippen LogP contribution in [0.25, 0.3) is 0 Å². The van der Waals surface area contributed by atoms with Gasteiger partial charge >= 0.3 is 0 Å². The Morgan fingerprint density at radius 3 is 3.27 bits per heavy atom. The van der Waals surface area contributed by atoms with Gasteiger partial charge in [-0.3, -0.25) is 4.98 Å². The minimum Gasteiger partial charge on any atom is -0.257 e. The average Bonchev–Trinajstić information content (AvgIpc) is 2.28. The minimum absolute atomic E-state index is 0.901. The molecule has 4 nitrogen and oxygen atoms in total. The van der Waals surface area contributed by atoms with Gasteiger partial charge < -0.3 is 0 Å². The summed E-state index contributed by atoms with van der Waals surface area (Å²) in [6.45, 7) is 0.901. The molecule has 0 aromatic carbocycles. The second kappa shape index (κ2) is 3.17. The van der Waals surface area contributed by atoms with Crippen molar-refractivity contribution in [2.75, 3.05) is 6.54 Å². The van der Waals surface area contributed by atoms with Gasteiger partial charge in [0, 0.05) is 25.4 Å². The summed E-state index contributed by atoms with van der Waals surface area (Å²) >= 11 is 1.47. The lowest BCUT2D eigenvalue weighted by Gasteiger charge is -1.98. The highest BCUT2D eigenvalue weighted by Gasteiger charge is 2.08. The van der Waals surface area contributed by atoms with Crippen LogP contribution in [-0.4, -0.2) is 16.5 Å². The molecule has 0 unspecified atom stereocenters. The molecule has 2 N–H and O–H groups in total. The normalized spacial score (nSPS) is 17.1. The van der Waals surface area contributed by atoms with E-state index in [2.05, 4.69) is 20.2 Å². The molecule has 0 amide bonds. The highest BCUT2D eigenvalue weighted by molar-refractivity contribution is 7.97. The van der Waals surface area contributed by atoms with Crippen LogP contribution in [0.4, 0.5) is 0 Å². The third-order valence-electron chi connectivity index (χ3n) is 1.44. The zero-order valence-electron chi connectivity index (χ0n) is 5.87. The summed E-state index contributed by atoms with van der Waals surface area (Å²) in [5.41, 5.74) is 4.09. The topological polar surface area (TPSA) is 49.8 Å². The largest absolute Gasteiger partial charge is 0.257 e. The fraction of sp³-hybridized carbons (Fsp3) is 0.333. The first-order chi connectivity index (χ1) is 5.47. The third-order valence-corrected chi connectivity index (χ3v) is 2.22. The molecule has 0 saturated heterocycles. The van der Waals surface area contributed by atoms with Gasteiger partial charge in [-0.15, -0.1) is 0 Å². The Morgan fingerprint density at radius 2 is 2.27 bits per heavy atom. The quantitative estimate of drug-likeness (QED) is 0.539. The van der Waals surface area contributed by atoms with Crippen molar-refractivity contribution in [1.29, 1.82) is 0 Å². The third kappa shape index (κ3) is 1.50. The van der Waals surface area contributed by atoms with E-state index >= 15 is 0 Å². The van der Waals surface area contributed by atoms with Crippen LogP contribution in [0.15, 0.2) is 17.4 Å².